The maximum Gasteiger partial charge on any atom is 0.254 e. The molecule has 0 aliphatic carbocycles. The van der Waals surface area contributed by atoms with Crippen LogP contribution in [-0.2, 0) is 6.42 Å². The second kappa shape index (κ2) is 6.26. The molecular formula is C14H12N4O. The molecule has 5 heteroatoms. The second-order valence-electron chi connectivity index (χ2n) is 3.89. The van der Waals surface area contributed by atoms with Crippen LogP contribution in [0.4, 0.5) is 0 Å². The van der Waals surface area contributed by atoms with Crippen LogP contribution in [0.5, 0.6) is 0 Å². The van der Waals surface area contributed by atoms with Crippen molar-refractivity contribution in [1.29, 1.82) is 5.26 Å². The minimum Gasteiger partial charge on any atom is -0.352 e. The average Bonchev–Trinajstić information content (AvgIpc) is 2.48. The van der Waals surface area contributed by atoms with Gasteiger partial charge in [-0.2, -0.15) is 5.26 Å². The first-order chi connectivity index (χ1) is 9.31. The fraction of sp³-hybridized carbons (Fsp3) is 0.143. The number of rotatable bonds is 4. The van der Waals surface area contributed by atoms with Gasteiger partial charge in [-0.05, 0) is 30.2 Å². The molecule has 0 unspecified atom stereocenters. The summed E-state index contributed by atoms with van der Waals surface area (Å²) >= 11 is 0. The van der Waals surface area contributed by atoms with Gasteiger partial charge >= 0.3 is 0 Å². The van der Waals surface area contributed by atoms with Crippen molar-refractivity contribution in [3.05, 3.63) is 59.7 Å². The quantitative estimate of drug-likeness (QED) is 0.890. The lowest BCUT2D eigenvalue weighted by atomic mass is 10.1. The van der Waals surface area contributed by atoms with Crippen LogP contribution in [-0.4, -0.2) is 22.4 Å². The van der Waals surface area contributed by atoms with Crippen LogP contribution in [0, 0.1) is 11.3 Å². The van der Waals surface area contributed by atoms with Crippen molar-refractivity contribution in [2.75, 3.05) is 6.54 Å². The fourth-order valence-electron chi connectivity index (χ4n) is 1.64. The molecule has 0 radical (unpaired) electrons. The van der Waals surface area contributed by atoms with Crippen LogP contribution in [0.15, 0.2) is 43.0 Å². The third-order valence-electron chi connectivity index (χ3n) is 2.63. The summed E-state index contributed by atoms with van der Waals surface area (Å²) in [4.78, 5) is 19.7. The van der Waals surface area contributed by atoms with Crippen LogP contribution >= 0.6 is 0 Å². The number of amides is 1. The van der Waals surface area contributed by atoms with Crippen LogP contribution in [0.2, 0.25) is 0 Å². The van der Waals surface area contributed by atoms with Gasteiger partial charge in [-0.15, -0.1) is 0 Å². The molecule has 0 spiro atoms. The number of hydrogen-bond donors (Lipinski definition) is 1. The largest absolute Gasteiger partial charge is 0.352 e. The van der Waals surface area contributed by atoms with Crippen molar-refractivity contribution in [1.82, 2.24) is 15.3 Å². The number of nitriles is 1. The number of pyridine rings is 2. The summed E-state index contributed by atoms with van der Waals surface area (Å²) < 4.78 is 0. The molecule has 2 rings (SSSR count). The summed E-state index contributed by atoms with van der Waals surface area (Å²) in [6.45, 7) is 0.503. The Hall–Kier alpha value is -2.74. The first-order valence-electron chi connectivity index (χ1n) is 5.82. The second-order valence-corrected chi connectivity index (χ2v) is 3.89. The lowest BCUT2D eigenvalue weighted by molar-refractivity contribution is 0.0953. The van der Waals surface area contributed by atoms with Gasteiger partial charge in [-0.25, -0.2) is 0 Å². The number of aromatic nitrogens is 2. The van der Waals surface area contributed by atoms with Gasteiger partial charge in [-0.3, -0.25) is 14.8 Å². The van der Waals surface area contributed by atoms with Gasteiger partial charge in [-0.1, -0.05) is 0 Å². The first kappa shape index (κ1) is 12.7. The average molecular weight is 252 g/mol. The highest BCUT2D eigenvalue weighted by Crippen LogP contribution is 2.05. The monoisotopic (exact) mass is 252 g/mol. The van der Waals surface area contributed by atoms with Crippen LogP contribution in [0.1, 0.15) is 21.5 Å². The van der Waals surface area contributed by atoms with Crippen molar-refractivity contribution >= 4 is 5.91 Å². The first-order valence-corrected chi connectivity index (χ1v) is 5.82. The predicted molar refractivity (Wildman–Crippen MR) is 69.2 cm³/mol. The summed E-state index contributed by atoms with van der Waals surface area (Å²) in [7, 11) is 0. The zero-order chi connectivity index (χ0) is 13.5. The molecule has 0 saturated carbocycles. The Morgan fingerprint density at radius 3 is 2.68 bits per heavy atom. The lowest BCUT2D eigenvalue weighted by Crippen LogP contribution is -2.26. The molecule has 5 nitrogen and oxygen atoms in total. The van der Waals surface area contributed by atoms with Crippen LogP contribution in [0.25, 0.3) is 0 Å². The molecule has 0 fully saturated rings. The van der Waals surface area contributed by atoms with E-state index in [4.69, 9.17) is 5.26 Å². The Balaban J connectivity index is 1.93. The maximum atomic E-state index is 11.9. The van der Waals surface area contributed by atoms with E-state index in [2.05, 4.69) is 15.3 Å². The standard InChI is InChI=1S/C14H12N4O/c15-9-12-4-7-17-10-13(12)14(19)18-8-3-11-1-5-16-6-2-11/h1-2,4-7,10H,3,8H2,(H,18,19). The van der Waals surface area contributed by atoms with Gasteiger partial charge in [0.2, 0.25) is 0 Å². The Morgan fingerprint density at radius 1 is 1.21 bits per heavy atom. The molecule has 1 N–H and O–H groups in total. The summed E-state index contributed by atoms with van der Waals surface area (Å²) in [5.74, 6) is -0.279. The third kappa shape index (κ3) is 3.36. The normalized spacial score (nSPS) is 9.63. The van der Waals surface area contributed by atoms with Crippen molar-refractivity contribution in [3.63, 3.8) is 0 Å². The Labute approximate surface area is 110 Å². The number of nitrogens with zero attached hydrogens (tertiary/aromatic N) is 3. The molecule has 94 valence electrons. The number of hydrogen-bond acceptors (Lipinski definition) is 4. The van der Waals surface area contributed by atoms with E-state index in [0.717, 1.165) is 12.0 Å². The van der Waals surface area contributed by atoms with E-state index < -0.39 is 0 Å². The third-order valence-corrected chi connectivity index (χ3v) is 2.63. The van der Waals surface area contributed by atoms with Crippen molar-refractivity contribution < 1.29 is 4.79 Å². The SMILES string of the molecule is N#Cc1ccncc1C(=O)NCCc1ccncc1. The summed E-state index contributed by atoms with van der Waals surface area (Å²) in [6.07, 6.45) is 7.04. The minimum absolute atomic E-state index is 0.279. The van der Waals surface area contributed by atoms with Crippen molar-refractivity contribution in [2.45, 2.75) is 6.42 Å². The minimum atomic E-state index is -0.279. The van der Waals surface area contributed by atoms with Gasteiger partial charge in [0.15, 0.2) is 0 Å². The number of carbonyl (C=O) groups is 1. The molecule has 2 heterocycles. The Bertz CT molecular complexity index is 604. The van der Waals surface area contributed by atoms with E-state index >= 15 is 0 Å². The van der Waals surface area contributed by atoms with Gasteiger partial charge < -0.3 is 5.32 Å². The van der Waals surface area contributed by atoms with Crippen LogP contribution < -0.4 is 5.32 Å². The summed E-state index contributed by atoms with van der Waals surface area (Å²) in [6, 6.07) is 7.30. The van der Waals surface area contributed by atoms with E-state index in [1.54, 1.807) is 12.4 Å². The highest BCUT2D eigenvalue weighted by atomic mass is 16.1. The molecule has 2 aromatic rings. The number of carbonyl (C=O) groups excluding carboxylic acids is 1. The van der Waals surface area contributed by atoms with Gasteiger partial charge in [0.1, 0.15) is 6.07 Å². The molecular weight excluding hydrogens is 240 g/mol. The molecule has 0 aromatic carbocycles. The van der Waals surface area contributed by atoms with E-state index in [1.807, 2.05) is 18.2 Å². The molecule has 19 heavy (non-hydrogen) atoms. The molecule has 2 aromatic heterocycles. The zero-order valence-electron chi connectivity index (χ0n) is 10.2. The smallest absolute Gasteiger partial charge is 0.254 e. The Morgan fingerprint density at radius 2 is 1.95 bits per heavy atom. The molecule has 0 aliphatic heterocycles. The number of nitrogens with one attached hydrogen (secondary N) is 1. The summed E-state index contributed by atoms with van der Waals surface area (Å²) in [5.41, 5.74) is 1.73. The zero-order valence-corrected chi connectivity index (χ0v) is 10.2. The van der Waals surface area contributed by atoms with E-state index in [9.17, 15) is 4.79 Å². The molecule has 0 bridgehead atoms. The van der Waals surface area contributed by atoms with Gasteiger partial charge in [0.25, 0.3) is 5.91 Å². The highest BCUT2D eigenvalue weighted by Gasteiger charge is 2.10. The molecule has 0 aliphatic rings. The maximum absolute atomic E-state index is 11.9. The van der Waals surface area contributed by atoms with E-state index in [1.165, 1.54) is 18.5 Å². The Kier molecular flexibility index (Phi) is 4.19. The van der Waals surface area contributed by atoms with Gasteiger partial charge in [0.05, 0.1) is 11.1 Å². The van der Waals surface area contributed by atoms with Crippen molar-refractivity contribution in [2.24, 2.45) is 0 Å². The molecule has 1 amide bonds. The topological polar surface area (TPSA) is 78.7 Å². The summed E-state index contributed by atoms with van der Waals surface area (Å²) in [5, 5.41) is 11.7. The highest BCUT2D eigenvalue weighted by molar-refractivity contribution is 5.96. The van der Waals surface area contributed by atoms with Crippen LogP contribution in [0.3, 0.4) is 0 Å². The predicted octanol–water partition coefficient (Wildman–Crippen LogP) is 1.32. The molecule has 0 atom stereocenters. The lowest BCUT2D eigenvalue weighted by Gasteiger charge is -2.06. The fourth-order valence-corrected chi connectivity index (χ4v) is 1.64. The molecule has 0 saturated heterocycles. The van der Waals surface area contributed by atoms with Crippen molar-refractivity contribution in [3.8, 4) is 6.07 Å². The van der Waals surface area contributed by atoms with Gasteiger partial charge in [0, 0.05) is 31.3 Å². The van der Waals surface area contributed by atoms with E-state index in [0.29, 0.717) is 17.7 Å². The van der Waals surface area contributed by atoms with E-state index in [-0.39, 0.29) is 5.91 Å².